The number of anilines is 1. The number of benzene rings is 1. The summed E-state index contributed by atoms with van der Waals surface area (Å²) in [4.78, 5) is 12.1. The van der Waals surface area contributed by atoms with Crippen LogP contribution in [0.5, 0.6) is 0 Å². The third kappa shape index (κ3) is 1.82. The predicted molar refractivity (Wildman–Crippen MR) is 68.9 cm³/mol. The van der Waals surface area contributed by atoms with Crippen molar-refractivity contribution in [2.75, 3.05) is 5.32 Å². The fourth-order valence-corrected chi connectivity index (χ4v) is 3.36. The zero-order chi connectivity index (χ0) is 12.7. The molecule has 1 N–H and O–H groups in total. The smallest absolute Gasteiger partial charge is 0.232 e. The molecule has 1 aliphatic heterocycles. The zero-order valence-electron chi connectivity index (χ0n) is 10.6. The van der Waals surface area contributed by atoms with Gasteiger partial charge < -0.3 is 5.32 Å². The Bertz CT molecular complexity index is 477. The normalized spacial score (nSPS) is 31.0. The number of rotatable bonds is 1. The maximum absolute atomic E-state index is 13.7. The van der Waals surface area contributed by atoms with E-state index in [2.05, 4.69) is 12.2 Å². The minimum atomic E-state index is -0.312. The highest BCUT2D eigenvalue weighted by atomic mass is 19.1. The van der Waals surface area contributed by atoms with E-state index in [0.717, 1.165) is 24.3 Å². The lowest BCUT2D eigenvalue weighted by atomic mass is 9.74. The second-order valence-corrected chi connectivity index (χ2v) is 5.69. The molecule has 1 atom stereocenters. The Hall–Kier alpha value is -1.38. The van der Waals surface area contributed by atoms with Crippen LogP contribution >= 0.6 is 0 Å². The van der Waals surface area contributed by atoms with Crippen molar-refractivity contribution in [3.05, 3.63) is 29.6 Å². The molecule has 1 aromatic rings. The number of amides is 1. The van der Waals surface area contributed by atoms with Crippen molar-refractivity contribution in [2.45, 2.75) is 38.5 Å². The average Bonchev–Trinajstić information content (AvgIpc) is 2.69. The van der Waals surface area contributed by atoms with E-state index in [9.17, 15) is 9.18 Å². The van der Waals surface area contributed by atoms with Crippen LogP contribution in [0.3, 0.4) is 0 Å². The molecule has 1 heterocycles. The van der Waals surface area contributed by atoms with Gasteiger partial charge in [0, 0.05) is 0 Å². The first kappa shape index (κ1) is 11.7. The monoisotopic (exact) mass is 247 g/mol. The van der Waals surface area contributed by atoms with Crippen molar-refractivity contribution in [3.63, 3.8) is 0 Å². The van der Waals surface area contributed by atoms with Crippen LogP contribution in [0.25, 0.3) is 0 Å². The first-order valence-corrected chi connectivity index (χ1v) is 6.76. The third-order valence-electron chi connectivity index (χ3n) is 4.44. The van der Waals surface area contributed by atoms with Crippen LogP contribution < -0.4 is 5.32 Å². The van der Waals surface area contributed by atoms with Gasteiger partial charge in [0.25, 0.3) is 0 Å². The molecule has 2 aliphatic rings. The number of carbonyl (C=O) groups is 1. The molecule has 0 saturated heterocycles. The molecule has 0 spiro atoms. The summed E-state index contributed by atoms with van der Waals surface area (Å²) in [6.07, 6.45) is 4.52. The minimum absolute atomic E-state index is 0.0188. The van der Waals surface area contributed by atoms with Crippen LogP contribution in [0.4, 0.5) is 10.1 Å². The van der Waals surface area contributed by atoms with Gasteiger partial charge in [0.15, 0.2) is 0 Å². The maximum Gasteiger partial charge on any atom is 0.232 e. The van der Waals surface area contributed by atoms with Crippen molar-refractivity contribution in [1.82, 2.24) is 0 Å². The standard InChI is InChI=1S/C15H18FNO/c1-9-5-7-10(8-6-9)13-11-3-2-4-12(16)14(11)17-15(13)18/h2-4,9-10,13H,5-8H2,1H3,(H,17,18). The molecule has 0 bridgehead atoms. The second kappa shape index (κ2) is 4.38. The highest BCUT2D eigenvalue weighted by Gasteiger charge is 2.39. The maximum atomic E-state index is 13.7. The van der Waals surface area contributed by atoms with Gasteiger partial charge in [-0.05, 0) is 36.3 Å². The lowest BCUT2D eigenvalue weighted by Gasteiger charge is -2.29. The molecular weight excluding hydrogens is 229 g/mol. The molecule has 0 aromatic heterocycles. The van der Waals surface area contributed by atoms with E-state index < -0.39 is 0 Å². The Morgan fingerprint density at radius 2 is 1.94 bits per heavy atom. The lowest BCUT2D eigenvalue weighted by Crippen LogP contribution is -2.24. The number of nitrogens with one attached hydrogen (secondary N) is 1. The van der Waals surface area contributed by atoms with E-state index in [1.165, 1.54) is 18.9 Å². The molecule has 3 heteroatoms. The average molecular weight is 247 g/mol. The van der Waals surface area contributed by atoms with Gasteiger partial charge >= 0.3 is 0 Å². The largest absolute Gasteiger partial charge is 0.323 e. The van der Waals surface area contributed by atoms with Gasteiger partial charge in [0.1, 0.15) is 5.82 Å². The number of halogens is 1. The van der Waals surface area contributed by atoms with Crippen LogP contribution in [-0.2, 0) is 4.79 Å². The summed E-state index contributed by atoms with van der Waals surface area (Å²) < 4.78 is 13.7. The number of para-hydroxylation sites is 1. The third-order valence-corrected chi connectivity index (χ3v) is 4.44. The Morgan fingerprint density at radius 1 is 1.22 bits per heavy atom. The van der Waals surface area contributed by atoms with Gasteiger partial charge in [-0.1, -0.05) is 31.9 Å². The molecule has 1 aromatic carbocycles. The quantitative estimate of drug-likeness (QED) is 0.805. The van der Waals surface area contributed by atoms with Crippen LogP contribution in [0.2, 0.25) is 0 Å². The van der Waals surface area contributed by atoms with E-state index in [1.807, 2.05) is 6.07 Å². The van der Waals surface area contributed by atoms with Gasteiger partial charge in [0.2, 0.25) is 5.91 Å². The molecule has 1 unspecified atom stereocenters. The molecule has 1 saturated carbocycles. The molecular formula is C15H18FNO. The molecule has 96 valence electrons. The molecule has 1 aliphatic carbocycles. The van der Waals surface area contributed by atoms with Crippen LogP contribution in [-0.4, -0.2) is 5.91 Å². The summed E-state index contributed by atoms with van der Waals surface area (Å²) in [5.74, 6) is 0.673. The SMILES string of the molecule is CC1CCC(C2C(=O)Nc3c(F)cccc32)CC1. The highest BCUT2D eigenvalue weighted by molar-refractivity contribution is 6.03. The summed E-state index contributed by atoms with van der Waals surface area (Å²) in [5, 5.41) is 2.71. The van der Waals surface area contributed by atoms with E-state index in [4.69, 9.17) is 0 Å². The predicted octanol–water partition coefficient (Wildman–Crippen LogP) is 3.69. The summed E-state index contributed by atoms with van der Waals surface area (Å²) in [6, 6.07) is 5.00. The number of hydrogen-bond acceptors (Lipinski definition) is 1. The Balaban J connectivity index is 1.90. The topological polar surface area (TPSA) is 29.1 Å². The van der Waals surface area contributed by atoms with E-state index in [1.54, 1.807) is 6.07 Å². The van der Waals surface area contributed by atoms with E-state index in [0.29, 0.717) is 11.6 Å². The molecule has 2 nitrogen and oxygen atoms in total. The van der Waals surface area contributed by atoms with Crippen LogP contribution in [0.15, 0.2) is 18.2 Å². The van der Waals surface area contributed by atoms with Gasteiger partial charge in [-0.2, -0.15) is 0 Å². The van der Waals surface area contributed by atoms with E-state index in [-0.39, 0.29) is 17.6 Å². The van der Waals surface area contributed by atoms with E-state index >= 15 is 0 Å². The molecule has 0 radical (unpaired) electrons. The molecule has 1 fully saturated rings. The van der Waals surface area contributed by atoms with Gasteiger partial charge in [-0.15, -0.1) is 0 Å². The van der Waals surface area contributed by atoms with Crippen molar-refractivity contribution in [1.29, 1.82) is 0 Å². The van der Waals surface area contributed by atoms with Gasteiger partial charge in [0.05, 0.1) is 11.6 Å². The van der Waals surface area contributed by atoms with Gasteiger partial charge in [-0.3, -0.25) is 4.79 Å². The molecule has 1 amide bonds. The molecule has 3 rings (SSSR count). The molecule has 18 heavy (non-hydrogen) atoms. The summed E-state index contributed by atoms with van der Waals surface area (Å²) in [6.45, 7) is 2.26. The second-order valence-electron chi connectivity index (χ2n) is 5.69. The van der Waals surface area contributed by atoms with Crippen LogP contribution in [0.1, 0.15) is 44.1 Å². The van der Waals surface area contributed by atoms with Crippen LogP contribution in [0, 0.1) is 17.7 Å². The first-order valence-electron chi connectivity index (χ1n) is 6.76. The Labute approximate surface area is 107 Å². The zero-order valence-corrected chi connectivity index (χ0v) is 10.6. The van der Waals surface area contributed by atoms with Crippen molar-refractivity contribution < 1.29 is 9.18 Å². The highest BCUT2D eigenvalue weighted by Crippen LogP contribution is 2.44. The number of hydrogen-bond donors (Lipinski definition) is 1. The summed E-state index contributed by atoms with van der Waals surface area (Å²) in [7, 11) is 0. The first-order chi connectivity index (χ1) is 8.66. The van der Waals surface area contributed by atoms with Crippen molar-refractivity contribution >= 4 is 11.6 Å². The van der Waals surface area contributed by atoms with Gasteiger partial charge in [-0.25, -0.2) is 4.39 Å². The number of carbonyl (C=O) groups excluding carboxylic acids is 1. The van der Waals surface area contributed by atoms with Crippen molar-refractivity contribution in [3.8, 4) is 0 Å². The summed E-state index contributed by atoms with van der Waals surface area (Å²) >= 11 is 0. The fourth-order valence-electron chi connectivity index (χ4n) is 3.36. The summed E-state index contributed by atoms with van der Waals surface area (Å²) in [5.41, 5.74) is 1.27. The lowest BCUT2D eigenvalue weighted by molar-refractivity contribution is -0.118. The van der Waals surface area contributed by atoms with Crippen molar-refractivity contribution in [2.24, 2.45) is 11.8 Å². The number of fused-ring (bicyclic) bond motifs is 1. The minimum Gasteiger partial charge on any atom is -0.323 e. The Morgan fingerprint density at radius 3 is 2.67 bits per heavy atom. The Kier molecular flexibility index (Phi) is 2.84. The fraction of sp³-hybridized carbons (Fsp3) is 0.533.